The summed E-state index contributed by atoms with van der Waals surface area (Å²) in [4.78, 5) is 15.9. The average molecular weight is 269 g/mol. The molecular weight excluding hydrogens is 260 g/mol. The molecule has 0 aliphatic heterocycles. The van der Waals surface area contributed by atoms with Gasteiger partial charge in [-0.2, -0.15) is 0 Å². The van der Waals surface area contributed by atoms with Crippen molar-refractivity contribution in [2.75, 3.05) is 0 Å². The number of hydrogen-bond acceptors (Lipinski definition) is 2. The fourth-order valence-electron chi connectivity index (χ4n) is 1.17. The highest BCUT2D eigenvalue weighted by atomic mass is 79.9. The average Bonchev–Trinajstić information content (AvgIpc) is 2.63. The van der Waals surface area contributed by atoms with Crippen molar-refractivity contribution < 1.29 is 4.74 Å². The first-order chi connectivity index (χ1) is 7.25. The number of para-hydroxylation sites is 1. The van der Waals surface area contributed by atoms with Crippen molar-refractivity contribution >= 4 is 15.9 Å². The largest absolute Gasteiger partial charge is 0.486 e. The molecule has 2 N–H and O–H groups in total. The molecule has 2 rings (SSSR count). The van der Waals surface area contributed by atoms with Crippen LogP contribution in [-0.4, -0.2) is 9.97 Å². The lowest BCUT2D eigenvalue weighted by Gasteiger charge is -2.05. The number of rotatable bonds is 3. The lowest BCUT2D eigenvalue weighted by atomic mass is 10.3. The van der Waals surface area contributed by atoms with E-state index in [-0.39, 0.29) is 5.69 Å². The molecule has 4 nitrogen and oxygen atoms in total. The summed E-state index contributed by atoms with van der Waals surface area (Å²) in [5.41, 5.74) is 0.497. The fourth-order valence-corrected chi connectivity index (χ4v) is 1.56. The molecule has 0 saturated carbocycles. The maximum Gasteiger partial charge on any atom is 0.323 e. The van der Waals surface area contributed by atoms with Crippen LogP contribution in [0.3, 0.4) is 0 Å². The zero-order chi connectivity index (χ0) is 10.7. The normalized spacial score (nSPS) is 10.2. The smallest absolute Gasteiger partial charge is 0.323 e. The number of imidazole rings is 1. The lowest BCUT2D eigenvalue weighted by molar-refractivity contribution is 0.300. The Balaban J connectivity index is 2.05. The lowest BCUT2D eigenvalue weighted by Crippen LogP contribution is -2.03. The van der Waals surface area contributed by atoms with Crippen molar-refractivity contribution in [3.05, 3.63) is 51.1 Å². The van der Waals surface area contributed by atoms with E-state index in [9.17, 15) is 4.79 Å². The third kappa shape index (κ3) is 2.50. The Kier molecular flexibility index (Phi) is 2.91. The van der Waals surface area contributed by atoms with Crippen molar-refractivity contribution in [1.82, 2.24) is 9.97 Å². The van der Waals surface area contributed by atoms with Crippen molar-refractivity contribution in [2.45, 2.75) is 6.61 Å². The summed E-state index contributed by atoms with van der Waals surface area (Å²) >= 11 is 3.37. The van der Waals surface area contributed by atoms with Crippen LogP contribution in [-0.2, 0) is 6.61 Å². The number of aromatic amines is 2. The Bertz CT molecular complexity index is 504. The van der Waals surface area contributed by atoms with Gasteiger partial charge in [-0.3, -0.25) is 0 Å². The summed E-state index contributed by atoms with van der Waals surface area (Å²) in [7, 11) is 0. The molecule has 1 aromatic carbocycles. The molecule has 2 aromatic rings. The molecule has 0 radical (unpaired) electrons. The Hall–Kier alpha value is -1.49. The zero-order valence-corrected chi connectivity index (χ0v) is 9.37. The number of aromatic nitrogens is 2. The number of halogens is 1. The van der Waals surface area contributed by atoms with Crippen molar-refractivity contribution in [3.8, 4) is 5.75 Å². The van der Waals surface area contributed by atoms with E-state index in [1.54, 1.807) is 6.20 Å². The van der Waals surface area contributed by atoms with E-state index >= 15 is 0 Å². The summed E-state index contributed by atoms with van der Waals surface area (Å²) < 4.78 is 6.39. The predicted octanol–water partition coefficient (Wildman–Crippen LogP) is 2.04. The number of ether oxygens (including phenoxy) is 1. The van der Waals surface area contributed by atoms with E-state index in [0.717, 1.165) is 15.9 Å². The van der Waals surface area contributed by atoms with Crippen LogP contribution >= 0.6 is 15.9 Å². The minimum Gasteiger partial charge on any atom is -0.486 e. The number of hydrogen-bond donors (Lipinski definition) is 2. The van der Waals surface area contributed by atoms with Crippen LogP contribution in [0.5, 0.6) is 5.75 Å². The molecule has 0 amide bonds. The molecule has 0 fully saturated rings. The summed E-state index contributed by atoms with van der Waals surface area (Å²) in [6, 6.07) is 7.55. The van der Waals surface area contributed by atoms with Crippen LogP contribution in [0.2, 0.25) is 0 Å². The topological polar surface area (TPSA) is 57.9 Å². The third-order valence-corrected chi connectivity index (χ3v) is 2.53. The molecule has 0 atom stereocenters. The first kappa shape index (κ1) is 10.0. The van der Waals surface area contributed by atoms with E-state index in [4.69, 9.17) is 4.74 Å². The van der Waals surface area contributed by atoms with Gasteiger partial charge in [-0.1, -0.05) is 12.1 Å². The summed E-state index contributed by atoms with van der Waals surface area (Å²) in [6.07, 6.45) is 1.60. The highest BCUT2D eigenvalue weighted by Crippen LogP contribution is 2.24. The molecule has 15 heavy (non-hydrogen) atoms. The molecule has 1 aromatic heterocycles. The van der Waals surface area contributed by atoms with Gasteiger partial charge >= 0.3 is 5.69 Å². The van der Waals surface area contributed by atoms with Gasteiger partial charge in [0, 0.05) is 6.20 Å². The van der Waals surface area contributed by atoms with Gasteiger partial charge in [-0.05, 0) is 28.1 Å². The Morgan fingerprint density at radius 1 is 1.33 bits per heavy atom. The van der Waals surface area contributed by atoms with E-state index in [0.29, 0.717) is 6.61 Å². The van der Waals surface area contributed by atoms with Crippen molar-refractivity contribution in [1.29, 1.82) is 0 Å². The second-order valence-electron chi connectivity index (χ2n) is 2.99. The second kappa shape index (κ2) is 4.35. The molecular formula is C10H9BrN2O2. The maximum absolute atomic E-state index is 10.8. The minimum absolute atomic E-state index is 0.222. The standard InChI is InChI=1S/C10H9BrN2O2/c11-8-3-1-2-4-9(8)15-6-7-5-12-10(14)13-7/h1-5H,6H2,(H2,12,13,14). The number of benzene rings is 1. The van der Waals surface area contributed by atoms with Gasteiger partial charge in [0.15, 0.2) is 0 Å². The molecule has 5 heteroatoms. The molecule has 78 valence electrons. The molecule has 0 spiro atoms. The van der Waals surface area contributed by atoms with Gasteiger partial charge in [-0.25, -0.2) is 4.79 Å². The monoisotopic (exact) mass is 268 g/mol. The first-order valence-electron chi connectivity index (χ1n) is 4.39. The Morgan fingerprint density at radius 3 is 2.80 bits per heavy atom. The predicted molar refractivity (Wildman–Crippen MR) is 59.9 cm³/mol. The van der Waals surface area contributed by atoms with Crippen LogP contribution in [0.1, 0.15) is 5.69 Å². The molecule has 0 saturated heterocycles. The van der Waals surface area contributed by atoms with Gasteiger partial charge in [-0.15, -0.1) is 0 Å². The summed E-state index contributed by atoms with van der Waals surface area (Å²) in [5, 5.41) is 0. The van der Waals surface area contributed by atoms with Crippen LogP contribution in [0.4, 0.5) is 0 Å². The molecule has 0 unspecified atom stereocenters. The summed E-state index contributed by atoms with van der Waals surface area (Å²) in [5.74, 6) is 0.750. The SMILES string of the molecule is O=c1[nH]cc(COc2ccccc2Br)[nH]1. The van der Waals surface area contributed by atoms with Gasteiger partial charge in [0.2, 0.25) is 0 Å². The van der Waals surface area contributed by atoms with E-state index in [1.807, 2.05) is 24.3 Å². The van der Waals surface area contributed by atoms with E-state index < -0.39 is 0 Å². The second-order valence-corrected chi connectivity index (χ2v) is 3.84. The quantitative estimate of drug-likeness (QED) is 0.895. The van der Waals surface area contributed by atoms with Gasteiger partial charge in [0.05, 0.1) is 10.2 Å². The van der Waals surface area contributed by atoms with Crippen LogP contribution in [0, 0.1) is 0 Å². The fraction of sp³-hybridized carbons (Fsp3) is 0.100. The van der Waals surface area contributed by atoms with Crippen LogP contribution in [0.25, 0.3) is 0 Å². The summed E-state index contributed by atoms with van der Waals surface area (Å²) in [6.45, 7) is 0.335. The zero-order valence-electron chi connectivity index (χ0n) is 7.79. The highest BCUT2D eigenvalue weighted by molar-refractivity contribution is 9.10. The molecule has 0 bridgehead atoms. The number of nitrogens with one attached hydrogen (secondary N) is 2. The van der Waals surface area contributed by atoms with Crippen molar-refractivity contribution in [2.24, 2.45) is 0 Å². The minimum atomic E-state index is -0.222. The van der Waals surface area contributed by atoms with Gasteiger partial charge in [0.1, 0.15) is 12.4 Å². The van der Waals surface area contributed by atoms with Crippen LogP contribution < -0.4 is 10.4 Å². The van der Waals surface area contributed by atoms with Crippen molar-refractivity contribution in [3.63, 3.8) is 0 Å². The van der Waals surface area contributed by atoms with Gasteiger partial charge in [0.25, 0.3) is 0 Å². The number of H-pyrrole nitrogens is 2. The van der Waals surface area contributed by atoms with E-state index in [1.165, 1.54) is 0 Å². The highest BCUT2D eigenvalue weighted by Gasteiger charge is 2.00. The maximum atomic E-state index is 10.8. The molecule has 0 aliphatic rings. The van der Waals surface area contributed by atoms with Crippen LogP contribution in [0.15, 0.2) is 39.7 Å². The first-order valence-corrected chi connectivity index (χ1v) is 5.19. The molecule has 0 aliphatic carbocycles. The molecule has 1 heterocycles. The Labute approximate surface area is 94.4 Å². The van der Waals surface area contributed by atoms with Gasteiger partial charge < -0.3 is 14.7 Å². The third-order valence-electron chi connectivity index (χ3n) is 1.87. The van der Waals surface area contributed by atoms with E-state index in [2.05, 4.69) is 25.9 Å². The Morgan fingerprint density at radius 2 is 2.13 bits per heavy atom.